The van der Waals surface area contributed by atoms with Gasteiger partial charge in [0.05, 0.1) is 5.56 Å². The molecule has 6 nitrogen and oxygen atoms in total. The van der Waals surface area contributed by atoms with Crippen molar-refractivity contribution in [1.82, 2.24) is 0 Å². The van der Waals surface area contributed by atoms with Gasteiger partial charge in [0.1, 0.15) is 17.8 Å². The number of rotatable bonds is 4. The van der Waals surface area contributed by atoms with Crippen LogP contribution in [0.15, 0.2) is 23.4 Å². The van der Waals surface area contributed by atoms with Crippen LogP contribution in [0.3, 0.4) is 0 Å². The first-order valence-corrected chi connectivity index (χ1v) is 4.44. The molecule has 1 aromatic rings. The number of hydrogen-bond acceptors (Lipinski definition) is 5. The number of nitriles is 1. The summed E-state index contributed by atoms with van der Waals surface area (Å²) in [4.78, 5) is 21.1. The molecule has 0 aliphatic rings. The molecule has 3 N–H and O–H groups in total. The Labute approximate surface area is 91.3 Å². The average molecular weight is 219 g/mol. The van der Waals surface area contributed by atoms with Crippen molar-refractivity contribution in [1.29, 1.82) is 5.26 Å². The minimum absolute atomic E-state index is 0.0358. The number of nitrogens with two attached hydrogens (primary N) is 1. The van der Waals surface area contributed by atoms with E-state index in [0.717, 1.165) is 0 Å². The van der Waals surface area contributed by atoms with Gasteiger partial charge in [-0.1, -0.05) is 12.1 Å². The molecule has 0 saturated carbocycles. The van der Waals surface area contributed by atoms with E-state index in [1.807, 2.05) is 6.07 Å². The minimum Gasteiger partial charge on any atom is -0.480 e. The third kappa shape index (κ3) is 2.40. The minimum atomic E-state index is -1.17. The van der Waals surface area contributed by atoms with E-state index < -0.39 is 12.0 Å². The molecule has 1 unspecified atom stereocenters. The van der Waals surface area contributed by atoms with Gasteiger partial charge >= 0.3 is 5.97 Å². The maximum Gasteiger partial charge on any atom is 0.320 e. The molecular weight excluding hydrogens is 210 g/mol. The Balaban J connectivity index is 3.10. The van der Waals surface area contributed by atoms with E-state index >= 15 is 0 Å². The van der Waals surface area contributed by atoms with Gasteiger partial charge in [-0.2, -0.15) is 5.26 Å². The van der Waals surface area contributed by atoms with Gasteiger partial charge in [0.2, 0.25) is 0 Å². The van der Waals surface area contributed by atoms with Gasteiger partial charge in [0, 0.05) is 6.42 Å². The molecular formula is C10H9N3O3. The fourth-order valence-electron chi connectivity index (χ4n) is 1.28. The Kier molecular flexibility index (Phi) is 3.69. The topological polar surface area (TPSA) is 117 Å². The zero-order chi connectivity index (χ0) is 12.1. The van der Waals surface area contributed by atoms with Crippen molar-refractivity contribution in [2.45, 2.75) is 12.5 Å². The molecule has 1 rings (SSSR count). The highest BCUT2D eigenvalue weighted by Gasteiger charge is 2.16. The second-order valence-corrected chi connectivity index (χ2v) is 3.17. The second-order valence-electron chi connectivity index (χ2n) is 3.17. The van der Waals surface area contributed by atoms with Crippen LogP contribution in [0.1, 0.15) is 11.1 Å². The van der Waals surface area contributed by atoms with Gasteiger partial charge in [-0.3, -0.25) is 4.79 Å². The predicted molar refractivity (Wildman–Crippen MR) is 55.9 cm³/mol. The van der Waals surface area contributed by atoms with Gasteiger partial charge < -0.3 is 10.8 Å². The van der Waals surface area contributed by atoms with Crippen molar-refractivity contribution in [2.75, 3.05) is 0 Å². The maximum atomic E-state index is 10.6. The quantitative estimate of drug-likeness (QED) is 0.730. The first-order valence-electron chi connectivity index (χ1n) is 4.44. The average Bonchev–Trinajstić information content (AvgIpc) is 2.28. The SMILES string of the molecule is N#Cc1cccc(CC(N)C(=O)O)c1N=O. The summed E-state index contributed by atoms with van der Waals surface area (Å²) in [6.45, 7) is 0. The van der Waals surface area contributed by atoms with Crippen molar-refractivity contribution in [3.05, 3.63) is 34.2 Å². The number of hydrogen-bond donors (Lipinski definition) is 2. The van der Waals surface area contributed by atoms with Crippen LogP contribution in [0.4, 0.5) is 5.69 Å². The molecule has 0 bridgehead atoms. The fraction of sp³-hybridized carbons (Fsp3) is 0.200. The van der Waals surface area contributed by atoms with Crippen LogP contribution in [-0.4, -0.2) is 17.1 Å². The maximum absolute atomic E-state index is 10.6. The Morgan fingerprint density at radius 1 is 1.62 bits per heavy atom. The summed E-state index contributed by atoms with van der Waals surface area (Å²) in [6, 6.07) is 5.21. The predicted octanol–water partition coefficient (Wildman–Crippen LogP) is 0.911. The van der Waals surface area contributed by atoms with Crippen LogP contribution in [0.2, 0.25) is 0 Å². The summed E-state index contributed by atoms with van der Waals surface area (Å²) in [6.07, 6.45) is -0.0358. The Morgan fingerprint density at radius 3 is 2.81 bits per heavy atom. The smallest absolute Gasteiger partial charge is 0.320 e. The summed E-state index contributed by atoms with van der Waals surface area (Å²) < 4.78 is 0. The number of benzene rings is 1. The molecule has 0 amide bonds. The summed E-state index contributed by atoms with van der Waals surface area (Å²) in [5, 5.41) is 20.1. The number of aliphatic carboxylic acids is 1. The van der Waals surface area contributed by atoms with Crippen molar-refractivity contribution in [3.63, 3.8) is 0 Å². The fourth-order valence-corrected chi connectivity index (χ4v) is 1.28. The van der Waals surface area contributed by atoms with Gasteiger partial charge in [-0.25, -0.2) is 0 Å². The number of carboxylic acid groups (broad SMARTS) is 1. The summed E-state index contributed by atoms with van der Waals surface area (Å²) >= 11 is 0. The molecule has 0 radical (unpaired) electrons. The van der Waals surface area contributed by atoms with Crippen LogP contribution in [0.5, 0.6) is 0 Å². The molecule has 0 saturated heterocycles. The third-order valence-electron chi connectivity index (χ3n) is 2.09. The zero-order valence-corrected chi connectivity index (χ0v) is 8.25. The van der Waals surface area contributed by atoms with Gasteiger partial charge in [-0.15, -0.1) is 4.91 Å². The lowest BCUT2D eigenvalue weighted by molar-refractivity contribution is -0.138. The van der Waals surface area contributed by atoms with Crippen LogP contribution >= 0.6 is 0 Å². The molecule has 0 spiro atoms. The molecule has 1 aromatic carbocycles. The Bertz CT molecular complexity index is 465. The lowest BCUT2D eigenvalue weighted by Gasteiger charge is -2.08. The highest BCUT2D eigenvalue weighted by atomic mass is 16.4. The molecule has 6 heteroatoms. The van der Waals surface area contributed by atoms with E-state index in [0.29, 0.717) is 5.56 Å². The molecule has 0 aromatic heterocycles. The van der Waals surface area contributed by atoms with E-state index in [2.05, 4.69) is 5.18 Å². The van der Waals surface area contributed by atoms with Gasteiger partial charge in [0.25, 0.3) is 0 Å². The molecule has 16 heavy (non-hydrogen) atoms. The van der Waals surface area contributed by atoms with Crippen LogP contribution in [-0.2, 0) is 11.2 Å². The van der Waals surface area contributed by atoms with E-state index in [4.69, 9.17) is 16.1 Å². The molecule has 82 valence electrons. The normalized spacial score (nSPS) is 11.5. The Hall–Kier alpha value is -2.26. The second kappa shape index (κ2) is 5.00. The molecule has 1 atom stereocenters. The molecule has 0 heterocycles. The lowest BCUT2D eigenvalue weighted by Crippen LogP contribution is -2.32. The molecule has 0 aliphatic carbocycles. The summed E-state index contributed by atoms with van der Waals surface area (Å²) in [5.41, 5.74) is 5.78. The number of carboxylic acids is 1. The summed E-state index contributed by atoms with van der Waals surface area (Å²) in [7, 11) is 0. The number of nitroso groups, excluding NO2 is 1. The van der Waals surface area contributed by atoms with Crippen molar-refractivity contribution in [3.8, 4) is 6.07 Å². The Morgan fingerprint density at radius 2 is 2.31 bits per heavy atom. The zero-order valence-electron chi connectivity index (χ0n) is 8.25. The lowest BCUT2D eigenvalue weighted by atomic mass is 10.0. The monoisotopic (exact) mass is 219 g/mol. The van der Waals surface area contributed by atoms with E-state index in [-0.39, 0.29) is 17.7 Å². The van der Waals surface area contributed by atoms with E-state index in [9.17, 15) is 9.70 Å². The molecule has 0 aliphatic heterocycles. The van der Waals surface area contributed by atoms with Crippen molar-refractivity contribution >= 4 is 11.7 Å². The molecule has 0 fully saturated rings. The highest BCUT2D eigenvalue weighted by Crippen LogP contribution is 2.24. The van der Waals surface area contributed by atoms with Crippen molar-refractivity contribution in [2.24, 2.45) is 10.9 Å². The van der Waals surface area contributed by atoms with Crippen LogP contribution < -0.4 is 5.73 Å². The highest BCUT2D eigenvalue weighted by molar-refractivity contribution is 5.74. The van der Waals surface area contributed by atoms with Crippen LogP contribution in [0.25, 0.3) is 0 Å². The van der Waals surface area contributed by atoms with Crippen LogP contribution in [0, 0.1) is 16.2 Å². The third-order valence-corrected chi connectivity index (χ3v) is 2.09. The first-order chi connectivity index (χ1) is 7.60. The van der Waals surface area contributed by atoms with Crippen molar-refractivity contribution < 1.29 is 9.90 Å². The van der Waals surface area contributed by atoms with Gasteiger partial charge in [0.15, 0.2) is 0 Å². The first kappa shape index (κ1) is 11.8. The summed E-state index contributed by atoms with van der Waals surface area (Å²) in [5.74, 6) is -1.17. The standard InChI is InChI=1S/C10H9N3O3/c11-5-7-3-1-2-6(9(7)13-16)4-8(12)10(14)15/h1-3,8H,4,12H2,(H,14,15). The number of carbonyl (C=O) groups is 1. The van der Waals surface area contributed by atoms with E-state index in [1.165, 1.54) is 12.1 Å². The van der Waals surface area contributed by atoms with Gasteiger partial charge in [-0.05, 0) is 16.8 Å². The number of nitrogens with zero attached hydrogens (tertiary/aromatic N) is 2. The van der Waals surface area contributed by atoms with E-state index in [1.54, 1.807) is 6.07 Å². The largest absolute Gasteiger partial charge is 0.480 e.